The van der Waals surface area contributed by atoms with Crippen molar-refractivity contribution in [3.05, 3.63) is 0 Å². The molecule has 0 aliphatic carbocycles. The Labute approximate surface area is 180 Å². The van der Waals surface area contributed by atoms with E-state index < -0.39 is 12.6 Å². The second-order valence-electron chi connectivity index (χ2n) is 7.22. The van der Waals surface area contributed by atoms with Gasteiger partial charge in [-0.05, 0) is 25.7 Å². The van der Waals surface area contributed by atoms with Gasteiger partial charge in [-0.1, -0.05) is 39.5 Å². The molecule has 0 bridgehead atoms. The summed E-state index contributed by atoms with van der Waals surface area (Å²) in [7, 11) is 0. The molecule has 0 saturated heterocycles. The van der Waals surface area contributed by atoms with Crippen LogP contribution in [0, 0.1) is 0 Å². The molecule has 0 spiro atoms. The van der Waals surface area contributed by atoms with Crippen molar-refractivity contribution in [2.45, 2.75) is 117 Å². The van der Waals surface area contributed by atoms with E-state index in [1.54, 1.807) is 0 Å². The summed E-state index contributed by atoms with van der Waals surface area (Å²) in [6.45, 7) is 6.81. The van der Waals surface area contributed by atoms with Crippen molar-refractivity contribution in [1.29, 1.82) is 0 Å². The predicted octanol–water partition coefficient (Wildman–Crippen LogP) is 4.57. The lowest BCUT2D eigenvalue weighted by molar-refractivity contribution is -0.186. The van der Waals surface area contributed by atoms with Gasteiger partial charge in [0.1, 0.15) is 0 Å². The monoisotopic (exact) mass is 430 g/mol. The Kier molecular flexibility index (Phi) is 16.5. The highest BCUT2D eigenvalue weighted by Gasteiger charge is 2.14. The third-order valence-electron chi connectivity index (χ3n) is 4.11. The quantitative estimate of drug-likeness (QED) is 0.188. The van der Waals surface area contributed by atoms with Gasteiger partial charge in [0, 0.05) is 39.5 Å². The Hall–Kier alpha value is -2.12. The van der Waals surface area contributed by atoms with Crippen LogP contribution in [0.1, 0.15) is 105 Å². The highest BCUT2D eigenvalue weighted by atomic mass is 16.7. The topological polar surface area (TPSA) is 105 Å². The molecule has 8 heteroatoms. The van der Waals surface area contributed by atoms with Gasteiger partial charge < -0.3 is 18.9 Å². The molecule has 0 aromatic rings. The lowest BCUT2D eigenvalue weighted by Gasteiger charge is -2.14. The number of hydrogen-bond donors (Lipinski definition) is 0. The summed E-state index contributed by atoms with van der Waals surface area (Å²) < 4.78 is 20.0. The lowest BCUT2D eigenvalue weighted by Crippen LogP contribution is -2.21. The third-order valence-corrected chi connectivity index (χ3v) is 4.11. The summed E-state index contributed by atoms with van der Waals surface area (Å²) in [4.78, 5) is 46.0. The van der Waals surface area contributed by atoms with Gasteiger partial charge in [-0.25, -0.2) is 0 Å². The molecule has 2 atom stereocenters. The minimum Gasteiger partial charge on any atom is -0.425 e. The summed E-state index contributed by atoms with van der Waals surface area (Å²) in [6, 6.07) is 0. The zero-order valence-corrected chi connectivity index (χ0v) is 18.9. The average Bonchev–Trinajstić information content (AvgIpc) is 2.63. The van der Waals surface area contributed by atoms with Crippen LogP contribution in [0.2, 0.25) is 0 Å². The van der Waals surface area contributed by atoms with Crippen LogP contribution in [0.5, 0.6) is 0 Å². The predicted molar refractivity (Wildman–Crippen MR) is 110 cm³/mol. The van der Waals surface area contributed by atoms with Crippen molar-refractivity contribution < 1.29 is 38.1 Å². The molecular formula is C22H38O8. The zero-order valence-electron chi connectivity index (χ0n) is 18.9. The van der Waals surface area contributed by atoms with Crippen LogP contribution in [0.15, 0.2) is 0 Å². The fourth-order valence-corrected chi connectivity index (χ4v) is 2.68. The Bertz CT molecular complexity index is 471. The van der Waals surface area contributed by atoms with Crippen molar-refractivity contribution in [3.63, 3.8) is 0 Å². The molecule has 0 rings (SSSR count). The van der Waals surface area contributed by atoms with E-state index in [-0.39, 0.29) is 36.7 Å². The maximum atomic E-state index is 11.7. The molecule has 0 radical (unpaired) electrons. The van der Waals surface area contributed by atoms with Gasteiger partial charge in [-0.15, -0.1) is 0 Å². The first kappa shape index (κ1) is 27.9. The number of hydrogen-bond acceptors (Lipinski definition) is 8. The molecule has 0 fully saturated rings. The summed E-state index contributed by atoms with van der Waals surface area (Å²) in [5.41, 5.74) is 0. The van der Waals surface area contributed by atoms with Crippen LogP contribution in [0.3, 0.4) is 0 Å². The minimum atomic E-state index is -0.853. The van der Waals surface area contributed by atoms with Gasteiger partial charge >= 0.3 is 23.9 Å². The van der Waals surface area contributed by atoms with Crippen LogP contribution >= 0.6 is 0 Å². The fourth-order valence-electron chi connectivity index (χ4n) is 2.68. The maximum absolute atomic E-state index is 11.7. The lowest BCUT2D eigenvalue weighted by atomic mass is 10.1. The molecule has 174 valence electrons. The van der Waals surface area contributed by atoms with E-state index in [0.29, 0.717) is 38.5 Å². The second kappa shape index (κ2) is 17.7. The van der Waals surface area contributed by atoms with E-state index in [4.69, 9.17) is 18.9 Å². The van der Waals surface area contributed by atoms with Crippen LogP contribution in [0.4, 0.5) is 0 Å². The standard InChI is InChI=1S/C22H38O8/c1-5-13-19(23)27-17(3)29-21(25)15-11-9-7-8-10-12-16-22(26)30-18(4)28-20(24)14-6-2/h17-18H,5-16H2,1-4H3. The van der Waals surface area contributed by atoms with Gasteiger partial charge in [0.2, 0.25) is 12.6 Å². The summed E-state index contributed by atoms with van der Waals surface area (Å²) >= 11 is 0. The molecule has 0 heterocycles. The average molecular weight is 431 g/mol. The Morgan fingerprint density at radius 2 is 0.767 bits per heavy atom. The van der Waals surface area contributed by atoms with Crippen LogP contribution < -0.4 is 0 Å². The van der Waals surface area contributed by atoms with Crippen molar-refractivity contribution in [2.24, 2.45) is 0 Å². The number of unbranched alkanes of at least 4 members (excludes halogenated alkanes) is 5. The minimum absolute atomic E-state index is 0.288. The number of carbonyl (C=O) groups is 4. The molecule has 0 amide bonds. The number of ether oxygens (including phenoxy) is 4. The smallest absolute Gasteiger partial charge is 0.308 e. The van der Waals surface area contributed by atoms with Gasteiger partial charge in [0.25, 0.3) is 0 Å². The summed E-state index contributed by atoms with van der Waals surface area (Å²) in [5, 5.41) is 0. The molecule has 2 unspecified atom stereocenters. The Morgan fingerprint density at radius 3 is 1.07 bits per heavy atom. The first-order valence-corrected chi connectivity index (χ1v) is 11.1. The molecule has 0 aromatic heterocycles. The number of esters is 4. The van der Waals surface area contributed by atoms with E-state index in [9.17, 15) is 19.2 Å². The van der Waals surface area contributed by atoms with E-state index in [2.05, 4.69) is 0 Å². The fraction of sp³-hybridized carbons (Fsp3) is 0.818. The van der Waals surface area contributed by atoms with Crippen molar-refractivity contribution in [1.82, 2.24) is 0 Å². The van der Waals surface area contributed by atoms with Crippen molar-refractivity contribution in [3.8, 4) is 0 Å². The Balaban J connectivity index is 3.62. The first-order valence-electron chi connectivity index (χ1n) is 11.1. The third kappa shape index (κ3) is 16.8. The Morgan fingerprint density at radius 1 is 0.500 bits per heavy atom. The highest BCUT2D eigenvalue weighted by molar-refractivity contribution is 5.72. The van der Waals surface area contributed by atoms with E-state index in [1.165, 1.54) is 13.8 Å². The van der Waals surface area contributed by atoms with E-state index >= 15 is 0 Å². The largest absolute Gasteiger partial charge is 0.425 e. The van der Waals surface area contributed by atoms with Gasteiger partial charge in [-0.2, -0.15) is 0 Å². The van der Waals surface area contributed by atoms with Crippen molar-refractivity contribution >= 4 is 23.9 Å². The number of rotatable bonds is 17. The molecule has 0 aliphatic heterocycles. The first-order chi connectivity index (χ1) is 14.3. The van der Waals surface area contributed by atoms with E-state index in [1.807, 2.05) is 13.8 Å². The van der Waals surface area contributed by atoms with Crippen LogP contribution in [-0.2, 0) is 38.1 Å². The molecule has 0 N–H and O–H groups in total. The van der Waals surface area contributed by atoms with Crippen LogP contribution in [0.25, 0.3) is 0 Å². The van der Waals surface area contributed by atoms with Crippen LogP contribution in [-0.4, -0.2) is 36.5 Å². The highest BCUT2D eigenvalue weighted by Crippen LogP contribution is 2.11. The molecule has 8 nitrogen and oxygen atoms in total. The van der Waals surface area contributed by atoms with Gasteiger partial charge in [0.05, 0.1) is 0 Å². The second-order valence-corrected chi connectivity index (χ2v) is 7.22. The molecular weight excluding hydrogens is 392 g/mol. The summed E-state index contributed by atoms with van der Waals surface area (Å²) in [6.07, 6.45) is 5.95. The van der Waals surface area contributed by atoms with Gasteiger partial charge in [0.15, 0.2) is 0 Å². The molecule has 0 aromatic carbocycles. The van der Waals surface area contributed by atoms with Gasteiger partial charge in [-0.3, -0.25) is 19.2 Å². The van der Waals surface area contributed by atoms with Crippen molar-refractivity contribution in [2.75, 3.05) is 0 Å². The molecule has 30 heavy (non-hydrogen) atoms. The molecule has 0 aliphatic rings. The van der Waals surface area contributed by atoms with E-state index in [0.717, 1.165) is 25.7 Å². The normalized spacial score (nSPS) is 12.5. The number of carbonyl (C=O) groups excluding carboxylic acids is 4. The summed E-state index contributed by atoms with van der Waals surface area (Å²) in [5.74, 6) is -1.48. The SMILES string of the molecule is CCCC(=O)OC(C)OC(=O)CCCCCCCCC(=O)OC(C)OC(=O)CCC. The molecule has 0 saturated carbocycles. The zero-order chi connectivity index (χ0) is 22.8. The maximum Gasteiger partial charge on any atom is 0.308 e.